The fourth-order valence-electron chi connectivity index (χ4n) is 1.38. The Kier molecular flexibility index (Phi) is 4.34. The van der Waals surface area contributed by atoms with Crippen molar-refractivity contribution in [2.75, 3.05) is 0 Å². The van der Waals surface area contributed by atoms with Crippen LogP contribution in [0.2, 0.25) is 0 Å². The van der Waals surface area contributed by atoms with E-state index in [-0.39, 0.29) is 0 Å². The van der Waals surface area contributed by atoms with Gasteiger partial charge in [0.15, 0.2) is 0 Å². The minimum Gasteiger partial charge on any atom is -0.384 e. The van der Waals surface area contributed by atoms with E-state index in [1.807, 2.05) is 0 Å². The van der Waals surface area contributed by atoms with E-state index in [0.717, 1.165) is 12.1 Å². The Morgan fingerprint density at radius 1 is 1.22 bits per heavy atom. The zero-order valence-electron chi connectivity index (χ0n) is 9.95. The molecule has 0 aliphatic carbocycles. The Balaban J connectivity index is 2.76. The lowest BCUT2D eigenvalue weighted by Crippen LogP contribution is -2.34. The molecule has 1 amide bonds. The molecule has 0 saturated carbocycles. The second-order valence-corrected chi connectivity index (χ2v) is 4.03. The maximum Gasteiger partial charge on any atom is 0.416 e. The van der Waals surface area contributed by atoms with E-state index >= 15 is 0 Å². The van der Waals surface area contributed by atoms with Crippen molar-refractivity contribution in [2.24, 2.45) is 0 Å². The van der Waals surface area contributed by atoms with Gasteiger partial charge in [-0.25, -0.2) is 0 Å². The predicted octanol–water partition coefficient (Wildman–Crippen LogP) is 2.26. The third-order valence-electron chi connectivity index (χ3n) is 2.48. The third-order valence-corrected chi connectivity index (χ3v) is 2.48. The summed E-state index contributed by atoms with van der Waals surface area (Å²) in [6.45, 7) is 2.94. The molecule has 1 aromatic rings. The van der Waals surface area contributed by atoms with Gasteiger partial charge in [0.2, 0.25) is 5.91 Å². The zero-order valence-corrected chi connectivity index (χ0v) is 9.95. The first-order valence-corrected chi connectivity index (χ1v) is 5.37. The highest BCUT2D eigenvalue weighted by Gasteiger charge is 2.30. The number of nitrogens with one attached hydrogen (secondary N) is 1. The fraction of sp³-hybridized carbons (Fsp3) is 0.417. The van der Waals surface area contributed by atoms with Crippen molar-refractivity contribution in [1.82, 2.24) is 5.32 Å². The summed E-state index contributed by atoms with van der Waals surface area (Å²) < 4.78 is 37.0. The molecule has 2 N–H and O–H groups in total. The number of benzene rings is 1. The molecule has 2 unspecified atom stereocenters. The molecular weight excluding hydrogens is 247 g/mol. The number of aliphatic hydroxyl groups is 1. The summed E-state index contributed by atoms with van der Waals surface area (Å²) in [4.78, 5) is 11.2. The fourth-order valence-corrected chi connectivity index (χ4v) is 1.38. The molecule has 0 aromatic heterocycles. The average molecular weight is 261 g/mol. The van der Waals surface area contributed by atoms with Gasteiger partial charge in [-0.15, -0.1) is 0 Å². The average Bonchev–Trinajstić information content (AvgIpc) is 2.27. The lowest BCUT2D eigenvalue weighted by atomic mass is 10.1. The van der Waals surface area contributed by atoms with E-state index in [4.69, 9.17) is 5.11 Å². The third kappa shape index (κ3) is 3.73. The van der Waals surface area contributed by atoms with Crippen molar-refractivity contribution in [3.05, 3.63) is 35.4 Å². The lowest BCUT2D eigenvalue weighted by molar-refractivity contribution is -0.137. The minimum absolute atomic E-state index is 0.464. The summed E-state index contributed by atoms with van der Waals surface area (Å²) >= 11 is 0. The van der Waals surface area contributed by atoms with Crippen molar-refractivity contribution < 1.29 is 23.1 Å². The van der Waals surface area contributed by atoms with Gasteiger partial charge in [0.1, 0.15) is 6.10 Å². The first-order valence-electron chi connectivity index (χ1n) is 5.37. The van der Waals surface area contributed by atoms with E-state index < -0.39 is 29.8 Å². The summed E-state index contributed by atoms with van der Waals surface area (Å²) in [6.07, 6.45) is -5.52. The number of halogens is 3. The standard InChI is InChI=1S/C12H14F3NO2/c1-7(16-11(18)8(2)17)9-3-5-10(6-4-9)12(13,14)15/h3-8,17H,1-2H3,(H,16,18). The second kappa shape index (κ2) is 5.39. The molecule has 0 aliphatic heterocycles. The molecule has 2 atom stereocenters. The molecular formula is C12H14F3NO2. The van der Waals surface area contributed by atoms with Crippen LogP contribution >= 0.6 is 0 Å². The number of amides is 1. The number of hydrogen-bond donors (Lipinski definition) is 2. The number of carbonyl (C=O) groups is 1. The highest BCUT2D eigenvalue weighted by atomic mass is 19.4. The van der Waals surface area contributed by atoms with Crippen molar-refractivity contribution in [2.45, 2.75) is 32.2 Å². The van der Waals surface area contributed by atoms with Crippen LogP contribution in [-0.4, -0.2) is 17.1 Å². The molecule has 18 heavy (non-hydrogen) atoms. The van der Waals surface area contributed by atoms with E-state index in [1.54, 1.807) is 6.92 Å². The summed E-state index contributed by atoms with van der Waals surface area (Å²) in [6, 6.07) is 4.06. The van der Waals surface area contributed by atoms with Gasteiger partial charge in [-0.1, -0.05) is 12.1 Å². The van der Waals surface area contributed by atoms with Crippen molar-refractivity contribution >= 4 is 5.91 Å². The molecule has 100 valence electrons. The van der Waals surface area contributed by atoms with Gasteiger partial charge < -0.3 is 10.4 Å². The van der Waals surface area contributed by atoms with Crippen LogP contribution in [0, 0.1) is 0 Å². The topological polar surface area (TPSA) is 49.3 Å². The first kappa shape index (κ1) is 14.5. The van der Waals surface area contributed by atoms with Crippen LogP contribution in [-0.2, 0) is 11.0 Å². The van der Waals surface area contributed by atoms with E-state index in [2.05, 4.69) is 5.32 Å². The first-order chi connectivity index (χ1) is 8.21. The van der Waals surface area contributed by atoms with E-state index in [0.29, 0.717) is 5.56 Å². The van der Waals surface area contributed by atoms with Crippen LogP contribution in [0.3, 0.4) is 0 Å². The van der Waals surface area contributed by atoms with Crippen LogP contribution in [0.1, 0.15) is 31.0 Å². The van der Waals surface area contributed by atoms with E-state index in [1.165, 1.54) is 19.1 Å². The highest BCUT2D eigenvalue weighted by molar-refractivity contribution is 5.80. The largest absolute Gasteiger partial charge is 0.416 e. The smallest absolute Gasteiger partial charge is 0.384 e. The molecule has 0 aliphatic rings. The molecule has 1 rings (SSSR count). The van der Waals surface area contributed by atoms with Crippen molar-refractivity contribution in [3.8, 4) is 0 Å². The minimum atomic E-state index is -4.37. The maximum absolute atomic E-state index is 12.3. The molecule has 0 saturated heterocycles. The Morgan fingerprint density at radius 3 is 2.11 bits per heavy atom. The summed E-state index contributed by atoms with van der Waals surface area (Å²) in [5.74, 6) is -0.567. The SMILES string of the molecule is CC(O)C(=O)NC(C)c1ccc(C(F)(F)F)cc1. The van der Waals surface area contributed by atoms with Crippen molar-refractivity contribution in [1.29, 1.82) is 0 Å². The summed E-state index contributed by atoms with van der Waals surface area (Å²) in [7, 11) is 0. The van der Waals surface area contributed by atoms with Gasteiger partial charge in [-0.05, 0) is 31.5 Å². The zero-order chi connectivity index (χ0) is 13.9. The quantitative estimate of drug-likeness (QED) is 0.876. The molecule has 0 heterocycles. The van der Waals surface area contributed by atoms with Crippen LogP contribution in [0.25, 0.3) is 0 Å². The predicted molar refractivity (Wildman–Crippen MR) is 59.7 cm³/mol. The second-order valence-electron chi connectivity index (χ2n) is 4.03. The molecule has 6 heteroatoms. The summed E-state index contributed by atoms with van der Waals surface area (Å²) in [5.41, 5.74) is -0.197. The number of alkyl halides is 3. The highest BCUT2D eigenvalue weighted by Crippen LogP contribution is 2.29. The normalized spacial score (nSPS) is 15.0. The molecule has 0 fully saturated rings. The van der Waals surface area contributed by atoms with Gasteiger partial charge in [0.05, 0.1) is 11.6 Å². The van der Waals surface area contributed by atoms with E-state index in [9.17, 15) is 18.0 Å². The van der Waals surface area contributed by atoms with Gasteiger partial charge in [-0.2, -0.15) is 13.2 Å². The number of aliphatic hydroxyl groups excluding tert-OH is 1. The Labute approximate surface area is 103 Å². The lowest BCUT2D eigenvalue weighted by Gasteiger charge is -2.16. The maximum atomic E-state index is 12.3. The van der Waals surface area contributed by atoms with Crippen LogP contribution < -0.4 is 5.32 Å². The molecule has 0 bridgehead atoms. The molecule has 0 radical (unpaired) electrons. The Hall–Kier alpha value is -1.56. The van der Waals surface area contributed by atoms with Crippen LogP contribution in [0.4, 0.5) is 13.2 Å². The van der Waals surface area contributed by atoms with Gasteiger partial charge >= 0.3 is 6.18 Å². The molecule has 1 aromatic carbocycles. The molecule has 3 nitrogen and oxygen atoms in total. The van der Waals surface area contributed by atoms with Gasteiger partial charge in [0.25, 0.3) is 0 Å². The number of hydrogen-bond acceptors (Lipinski definition) is 2. The molecule has 0 spiro atoms. The summed E-state index contributed by atoms with van der Waals surface area (Å²) in [5, 5.41) is 11.5. The number of carbonyl (C=O) groups excluding carboxylic acids is 1. The van der Waals surface area contributed by atoms with Gasteiger partial charge in [-0.3, -0.25) is 4.79 Å². The van der Waals surface area contributed by atoms with Crippen LogP contribution in [0.5, 0.6) is 0 Å². The van der Waals surface area contributed by atoms with Gasteiger partial charge in [0, 0.05) is 0 Å². The van der Waals surface area contributed by atoms with Crippen molar-refractivity contribution in [3.63, 3.8) is 0 Å². The monoisotopic (exact) mass is 261 g/mol. The Bertz CT molecular complexity index is 412. The number of rotatable bonds is 3. The van der Waals surface area contributed by atoms with Crippen LogP contribution in [0.15, 0.2) is 24.3 Å². The Morgan fingerprint density at radius 2 is 1.72 bits per heavy atom.